The van der Waals surface area contributed by atoms with E-state index in [0.29, 0.717) is 11.9 Å². The van der Waals surface area contributed by atoms with Crippen molar-refractivity contribution in [2.45, 2.75) is 32.4 Å². The zero-order chi connectivity index (χ0) is 14.0. The Morgan fingerprint density at radius 2 is 2.16 bits per heavy atom. The van der Waals surface area contributed by atoms with Crippen molar-refractivity contribution in [3.8, 4) is 0 Å². The topological polar surface area (TPSA) is 39.9 Å². The predicted molar refractivity (Wildman–Crippen MR) is 84.3 cm³/mol. The second-order valence-electron chi connectivity index (χ2n) is 5.66. The maximum absolute atomic E-state index is 5.88. The van der Waals surface area contributed by atoms with Gasteiger partial charge < -0.3 is 9.30 Å². The SMILES string of the molecule is C[Si](C)(C)CCOCn1cc(Br)c2ncc(Cl)nc21. The number of hydrogen-bond donors (Lipinski definition) is 0. The molecule has 7 heteroatoms. The minimum Gasteiger partial charge on any atom is -0.361 e. The summed E-state index contributed by atoms with van der Waals surface area (Å²) in [5, 5.41) is 0.390. The van der Waals surface area contributed by atoms with Crippen LogP contribution in [0.4, 0.5) is 0 Å². The van der Waals surface area contributed by atoms with Crippen LogP contribution in [0.2, 0.25) is 30.8 Å². The van der Waals surface area contributed by atoms with E-state index >= 15 is 0 Å². The lowest BCUT2D eigenvalue weighted by molar-refractivity contribution is 0.0898. The van der Waals surface area contributed by atoms with Gasteiger partial charge in [-0.2, -0.15) is 0 Å². The van der Waals surface area contributed by atoms with E-state index in [2.05, 4.69) is 45.5 Å². The maximum Gasteiger partial charge on any atom is 0.163 e. The fourth-order valence-electron chi connectivity index (χ4n) is 1.63. The van der Waals surface area contributed by atoms with Crippen LogP contribution in [0.5, 0.6) is 0 Å². The molecule has 0 saturated heterocycles. The van der Waals surface area contributed by atoms with Gasteiger partial charge in [-0.25, -0.2) is 9.97 Å². The van der Waals surface area contributed by atoms with Gasteiger partial charge in [-0.15, -0.1) is 0 Å². The molecule has 2 aromatic heterocycles. The first-order valence-corrected chi connectivity index (χ1v) is 11.0. The summed E-state index contributed by atoms with van der Waals surface area (Å²) in [5.74, 6) is 0. The number of hydrogen-bond acceptors (Lipinski definition) is 3. The van der Waals surface area contributed by atoms with Crippen molar-refractivity contribution in [2.24, 2.45) is 0 Å². The number of nitrogens with zero attached hydrogens (tertiary/aromatic N) is 3. The molecule has 0 unspecified atom stereocenters. The highest BCUT2D eigenvalue weighted by Gasteiger charge is 2.13. The molecule has 0 aliphatic carbocycles. The Hall–Kier alpha value is -0.433. The Labute approximate surface area is 127 Å². The van der Waals surface area contributed by atoms with Crippen molar-refractivity contribution < 1.29 is 4.74 Å². The summed E-state index contributed by atoms with van der Waals surface area (Å²) in [4.78, 5) is 8.55. The molecule has 0 aromatic carbocycles. The van der Waals surface area contributed by atoms with E-state index in [0.717, 1.165) is 28.3 Å². The van der Waals surface area contributed by atoms with E-state index < -0.39 is 8.07 Å². The van der Waals surface area contributed by atoms with Gasteiger partial charge in [0.2, 0.25) is 0 Å². The molecule has 0 atom stereocenters. The minimum atomic E-state index is -1.05. The van der Waals surface area contributed by atoms with E-state index in [9.17, 15) is 0 Å². The zero-order valence-electron chi connectivity index (χ0n) is 11.3. The predicted octanol–water partition coefficient (Wildman–Crippen LogP) is 4.16. The van der Waals surface area contributed by atoms with Crippen LogP contribution in [0.25, 0.3) is 11.2 Å². The first-order chi connectivity index (χ1) is 8.87. The van der Waals surface area contributed by atoms with Crippen molar-refractivity contribution >= 4 is 46.8 Å². The van der Waals surface area contributed by atoms with E-state index in [1.807, 2.05) is 10.8 Å². The monoisotopic (exact) mass is 361 g/mol. The molecule has 0 N–H and O–H groups in total. The van der Waals surface area contributed by atoms with Gasteiger partial charge >= 0.3 is 0 Å². The highest BCUT2D eigenvalue weighted by molar-refractivity contribution is 9.10. The van der Waals surface area contributed by atoms with Crippen molar-refractivity contribution in [1.29, 1.82) is 0 Å². The highest BCUT2D eigenvalue weighted by Crippen LogP contribution is 2.24. The molecular formula is C12H17BrClN3OSi. The number of aromatic nitrogens is 3. The lowest BCUT2D eigenvalue weighted by atomic mass is 10.5. The molecule has 19 heavy (non-hydrogen) atoms. The molecule has 0 aliphatic rings. The first-order valence-electron chi connectivity index (χ1n) is 6.11. The number of ether oxygens (including phenoxy) is 1. The summed E-state index contributed by atoms with van der Waals surface area (Å²) >= 11 is 9.35. The van der Waals surface area contributed by atoms with Crippen LogP contribution in [-0.4, -0.2) is 29.2 Å². The smallest absolute Gasteiger partial charge is 0.163 e. The Morgan fingerprint density at radius 1 is 1.42 bits per heavy atom. The Balaban J connectivity index is 2.07. The van der Waals surface area contributed by atoms with Crippen LogP contribution >= 0.6 is 27.5 Å². The van der Waals surface area contributed by atoms with Gasteiger partial charge in [0, 0.05) is 20.9 Å². The highest BCUT2D eigenvalue weighted by atomic mass is 79.9. The molecule has 4 nitrogen and oxygen atoms in total. The second kappa shape index (κ2) is 5.91. The third-order valence-corrected chi connectivity index (χ3v) is 5.19. The van der Waals surface area contributed by atoms with Crippen LogP contribution in [-0.2, 0) is 11.5 Å². The van der Waals surface area contributed by atoms with Crippen molar-refractivity contribution in [1.82, 2.24) is 14.5 Å². The molecular weight excluding hydrogens is 346 g/mol. The summed E-state index contributed by atoms with van der Waals surface area (Å²) < 4.78 is 8.55. The molecule has 0 saturated carbocycles. The van der Waals surface area contributed by atoms with Gasteiger partial charge in [-0.05, 0) is 22.0 Å². The fourth-order valence-corrected chi connectivity index (χ4v) is 3.04. The third kappa shape index (κ3) is 4.01. The van der Waals surface area contributed by atoms with E-state index in [1.54, 1.807) is 6.20 Å². The van der Waals surface area contributed by atoms with E-state index in [4.69, 9.17) is 16.3 Å². The summed E-state index contributed by atoms with van der Waals surface area (Å²) in [6.45, 7) is 8.26. The first kappa shape index (κ1) is 15.0. The van der Waals surface area contributed by atoms with Gasteiger partial charge in [0.1, 0.15) is 17.4 Å². The van der Waals surface area contributed by atoms with Crippen molar-refractivity contribution in [3.05, 3.63) is 22.0 Å². The van der Waals surface area contributed by atoms with E-state index in [-0.39, 0.29) is 0 Å². The second-order valence-corrected chi connectivity index (χ2v) is 12.5. The fraction of sp³-hybridized carbons (Fsp3) is 0.500. The molecule has 0 fully saturated rings. The quantitative estimate of drug-likeness (QED) is 0.592. The van der Waals surface area contributed by atoms with Crippen LogP contribution in [0.1, 0.15) is 0 Å². The maximum atomic E-state index is 5.88. The normalized spacial score (nSPS) is 12.3. The minimum absolute atomic E-state index is 0.390. The molecule has 0 aliphatic heterocycles. The molecule has 2 heterocycles. The number of fused-ring (bicyclic) bond motifs is 1. The van der Waals surface area contributed by atoms with Gasteiger partial charge in [-0.1, -0.05) is 31.2 Å². The van der Waals surface area contributed by atoms with Crippen LogP contribution in [0, 0.1) is 0 Å². The summed E-state index contributed by atoms with van der Waals surface area (Å²) in [6, 6.07) is 1.15. The lowest BCUT2D eigenvalue weighted by Gasteiger charge is -2.15. The largest absolute Gasteiger partial charge is 0.361 e. The molecule has 0 amide bonds. The van der Waals surface area contributed by atoms with Crippen LogP contribution < -0.4 is 0 Å². The summed E-state index contributed by atoms with van der Waals surface area (Å²) in [6.07, 6.45) is 3.47. The molecule has 0 spiro atoms. The van der Waals surface area contributed by atoms with Gasteiger partial charge in [0.25, 0.3) is 0 Å². The average Bonchev–Trinajstić information content (AvgIpc) is 2.60. The number of rotatable bonds is 5. The summed E-state index contributed by atoms with van der Waals surface area (Å²) in [5.41, 5.74) is 1.55. The molecule has 0 bridgehead atoms. The van der Waals surface area contributed by atoms with Crippen molar-refractivity contribution in [3.63, 3.8) is 0 Å². The standard InChI is InChI=1S/C12H17BrClN3OSi/c1-19(2,3)5-4-18-8-17-7-9(13)11-12(17)16-10(14)6-15-11/h6-7H,4-5,8H2,1-3H3. The van der Waals surface area contributed by atoms with Crippen LogP contribution in [0.15, 0.2) is 16.9 Å². The molecule has 0 radical (unpaired) electrons. The Kier molecular flexibility index (Phi) is 4.65. The van der Waals surface area contributed by atoms with Gasteiger partial charge in [0.05, 0.1) is 10.7 Å². The van der Waals surface area contributed by atoms with Crippen LogP contribution in [0.3, 0.4) is 0 Å². The Morgan fingerprint density at radius 3 is 2.84 bits per heavy atom. The zero-order valence-corrected chi connectivity index (χ0v) is 14.6. The number of halogens is 2. The van der Waals surface area contributed by atoms with E-state index in [1.165, 1.54) is 0 Å². The summed E-state index contributed by atoms with van der Waals surface area (Å²) in [7, 11) is -1.05. The van der Waals surface area contributed by atoms with Gasteiger partial charge in [0.15, 0.2) is 5.65 Å². The van der Waals surface area contributed by atoms with Crippen molar-refractivity contribution in [2.75, 3.05) is 6.61 Å². The average molecular weight is 363 g/mol. The Bertz CT molecular complexity index is 582. The lowest BCUT2D eigenvalue weighted by Crippen LogP contribution is -2.22. The molecule has 2 aromatic rings. The molecule has 104 valence electrons. The molecule has 2 rings (SSSR count). The third-order valence-electron chi connectivity index (χ3n) is 2.72. The van der Waals surface area contributed by atoms with Gasteiger partial charge in [-0.3, -0.25) is 0 Å².